The van der Waals surface area contributed by atoms with Gasteiger partial charge in [0, 0.05) is 24.7 Å². The number of carbonyl (C=O) groups excluding carboxylic acids is 1. The molecule has 11 heteroatoms. The van der Waals surface area contributed by atoms with Gasteiger partial charge in [0.05, 0.1) is 4.90 Å². The molecule has 2 aromatic carbocycles. The summed E-state index contributed by atoms with van der Waals surface area (Å²) in [5.41, 5.74) is 1.75. The van der Waals surface area contributed by atoms with E-state index in [2.05, 4.69) is 22.6 Å². The van der Waals surface area contributed by atoms with Crippen LogP contribution in [0, 0.1) is 5.92 Å². The Morgan fingerprint density at radius 2 is 2.03 bits per heavy atom. The first-order chi connectivity index (χ1) is 15.3. The summed E-state index contributed by atoms with van der Waals surface area (Å²) in [5.74, 6) is -0.0288. The van der Waals surface area contributed by atoms with Crippen LogP contribution in [0.25, 0.3) is 11.0 Å². The van der Waals surface area contributed by atoms with Crippen LogP contribution in [0.1, 0.15) is 25.3 Å². The molecule has 1 atom stereocenters. The SMILES string of the molecule is CC1CCCN(S(=O)(=O)c2ccc3nnn(OCC(=O)NCc4ccc(Cl)cc4)c3c2)C1. The minimum atomic E-state index is -3.63. The number of hydrogen-bond acceptors (Lipinski definition) is 6. The Balaban J connectivity index is 1.43. The molecule has 0 aliphatic carbocycles. The standard InChI is InChI=1S/C21H24ClN5O4S/c1-15-3-2-10-26(13-15)32(29,30)18-8-9-19-20(11-18)27(25-24-19)31-14-21(28)23-12-16-4-6-17(22)7-5-16/h4-9,11,15H,2-3,10,12-14H2,1H3,(H,23,28). The summed E-state index contributed by atoms with van der Waals surface area (Å²) in [7, 11) is -3.63. The monoisotopic (exact) mass is 477 g/mol. The third kappa shape index (κ3) is 5.03. The van der Waals surface area contributed by atoms with Crippen molar-refractivity contribution in [2.24, 2.45) is 5.92 Å². The maximum atomic E-state index is 13.1. The third-order valence-corrected chi connectivity index (χ3v) is 7.48. The van der Waals surface area contributed by atoms with E-state index in [0.29, 0.717) is 41.6 Å². The van der Waals surface area contributed by atoms with Gasteiger partial charge in [-0.1, -0.05) is 35.5 Å². The first-order valence-corrected chi connectivity index (χ1v) is 12.1. The second kappa shape index (κ2) is 9.43. The fourth-order valence-corrected chi connectivity index (χ4v) is 5.37. The predicted molar refractivity (Wildman–Crippen MR) is 119 cm³/mol. The van der Waals surface area contributed by atoms with E-state index in [1.807, 2.05) is 12.1 Å². The zero-order valence-corrected chi connectivity index (χ0v) is 19.1. The molecule has 0 saturated carbocycles. The third-order valence-electron chi connectivity index (χ3n) is 5.37. The highest BCUT2D eigenvalue weighted by atomic mass is 35.5. The molecule has 170 valence electrons. The van der Waals surface area contributed by atoms with Crippen LogP contribution in [0.4, 0.5) is 0 Å². The van der Waals surface area contributed by atoms with Crippen molar-refractivity contribution in [2.45, 2.75) is 31.2 Å². The summed E-state index contributed by atoms with van der Waals surface area (Å²) in [6.07, 6.45) is 1.87. The first kappa shape index (κ1) is 22.5. The molecule has 9 nitrogen and oxygen atoms in total. The Morgan fingerprint density at radius 1 is 1.25 bits per heavy atom. The van der Waals surface area contributed by atoms with Gasteiger partial charge < -0.3 is 10.2 Å². The molecule has 4 rings (SSSR count). The van der Waals surface area contributed by atoms with Crippen LogP contribution in [0.5, 0.6) is 0 Å². The summed E-state index contributed by atoms with van der Waals surface area (Å²) >= 11 is 5.86. The molecule has 0 bridgehead atoms. The van der Waals surface area contributed by atoms with Gasteiger partial charge >= 0.3 is 0 Å². The summed E-state index contributed by atoms with van der Waals surface area (Å²) in [5, 5.41) is 11.2. The van der Waals surface area contributed by atoms with Gasteiger partial charge in [-0.3, -0.25) is 4.79 Å². The number of nitrogens with one attached hydrogen (secondary N) is 1. The number of benzene rings is 2. The first-order valence-electron chi connectivity index (χ1n) is 10.3. The highest BCUT2D eigenvalue weighted by Gasteiger charge is 2.29. The van der Waals surface area contributed by atoms with Gasteiger partial charge in [0.1, 0.15) is 11.0 Å². The van der Waals surface area contributed by atoms with Crippen LogP contribution < -0.4 is 10.2 Å². The summed E-state index contributed by atoms with van der Waals surface area (Å²) in [6.45, 7) is 3.09. The molecule has 0 spiro atoms. The Morgan fingerprint density at radius 3 is 2.78 bits per heavy atom. The Hall–Kier alpha value is -2.69. The van der Waals surface area contributed by atoms with Crippen molar-refractivity contribution in [1.82, 2.24) is 24.8 Å². The van der Waals surface area contributed by atoms with Crippen molar-refractivity contribution in [1.29, 1.82) is 0 Å². The van der Waals surface area contributed by atoms with Gasteiger partial charge in [-0.05, 0) is 59.9 Å². The predicted octanol–water partition coefficient (Wildman–Crippen LogP) is 2.25. The number of aromatic nitrogens is 3. The van der Waals surface area contributed by atoms with Crippen molar-refractivity contribution >= 4 is 38.6 Å². The Labute approximate surface area is 191 Å². The highest BCUT2D eigenvalue weighted by Crippen LogP contribution is 2.25. The smallest absolute Gasteiger partial charge is 0.261 e. The number of hydrogen-bond donors (Lipinski definition) is 1. The van der Waals surface area contributed by atoms with Crippen molar-refractivity contribution in [3.8, 4) is 0 Å². The van der Waals surface area contributed by atoms with Gasteiger partial charge in [-0.25, -0.2) is 8.42 Å². The summed E-state index contributed by atoms with van der Waals surface area (Å²) < 4.78 is 27.7. The second-order valence-corrected chi connectivity index (χ2v) is 10.3. The van der Waals surface area contributed by atoms with Gasteiger partial charge in [0.15, 0.2) is 6.61 Å². The molecule has 1 aliphatic heterocycles. The molecule has 3 aromatic rings. The van der Waals surface area contributed by atoms with Gasteiger partial charge in [0.2, 0.25) is 10.0 Å². The molecule has 1 fully saturated rings. The van der Waals surface area contributed by atoms with E-state index in [9.17, 15) is 13.2 Å². The summed E-state index contributed by atoms with van der Waals surface area (Å²) in [6, 6.07) is 11.7. The van der Waals surface area contributed by atoms with E-state index < -0.39 is 10.0 Å². The average molecular weight is 478 g/mol. The fraction of sp³-hybridized carbons (Fsp3) is 0.381. The van der Waals surface area contributed by atoms with Crippen LogP contribution in [-0.4, -0.2) is 53.5 Å². The Kier molecular flexibility index (Phi) is 6.63. The lowest BCUT2D eigenvalue weighted by atomic mass is 10.0. The van der Waals surface area contributed by atoms with E-state index in [-0.39, 0.29) is 17.4 Å². The number of fused-ring (bicyclic) bond motifs is 1. The quantitative estimate of drug-likeness (QED) is 0.559. The van der Waals surface area contributed by atoms with E-state index in [0.717, 1.165) is 23.3 Å². The lowest BCUT2D eigenvalue weighted by molar-refractivity contribution is -0.126. The lowest BCUT2D eigenvalue weighted by Crippen LogP contribution is -2.39. The van der Waals surface area contributed by atoms with Crippen molar-refractivity contribution in [3.63, 3.8) is 0 Å². The number of carbonyl (C=O) groups is 1. The van der Waals surface area contributed by atoms with E-state index in [1.165, 1.54) is 16.4 Å². The van der Waals surface area contributed by atoms with E-state index in [1.54, 1.807) is 18.2 Å². The normalized spacial score (nSPS) is 17.4. The Bertz CT molecular complexity index is 1210. The molecule has 1 aliphatic rings. The molecular weight excluding hydrogens is 454 g/mol. The van der Waals surface area contributed by atoms with Crippen molar-refractivity contribution < 1.29 is 18.0 Å². The fourth-order valence-electron chi connectivity index (χ4n) is 3.62. The number of amides is 1. The number of piperidine rings is 1. The molecule has 2 heterocycles. The largest absolute Gasteiger partial charge is 0.385 e. The van der Waals surface area contributed by atoms with Gasteiger partial charge in [0.25, 0.3) is 5.91 Å². The zero-order valence-electron chi connectivity index (χ0n) is 17.6. The number of rotatable bonds is 7. The lowest BCUT2D eigenvalue weighted by Gasteiger charge is -2.30. The minimum absolute atomic E-state index is 0.151. The van der Waals surface area contributed by atoms with Crippen molar-refractivity contribution in [3.05, 3.63) is 53.1 Å². The number of sulfonamides is 1. The highest BCUT2D eigenvalue weighted by molar-refractivity contribution is 7.89. The maximum Gasteiger partial charge on any atom is 0.261 e. The van der Waals surface area contributed by atoms with Gasteiger partial charge in [-0.15, -0.1) is 5.10 Å². The van der Waals surface area contributed by atoms with Crippen LogP contribution >= 0.6 is 11.6 Å². The second-order valence-electron chi connectivity index (χ2n) is 7.90. The van der Waals surface area contributed by atoms with E-state index in [4.69, 9.17) is 16.4 Å². The van der Waals surface area contributed by atoms with Gasteiger partial charge in [-0.2, -0.15) is 4.31 Å². The number of nitrogens with zero attached hydrogens (tertiary/aromatic N) is 4. The minimum Gasteiger partial charge on any atom is -0.385 e. The van der Waals surface area contributed by atoms with Crippen molar-refractivity contribution in [2.75, 3.05) is 19.7 Å². The van der Waals surface area contributed by atoms with Crippen LogP contribution in [0.15, 0.2) is 47.4 Å². The maximum absolute atomic E-state index is 13.1. The molecular formula is C21H24ClN5O4S. The summed E-state index contributed by atoms with van der Waals surface area (Å²) in [4.78, 5) is 18.8. The van der Waals surface area contributed by atoms with Crippen LogP contribution in [-0.2, 0) is 21.4 Å². The average Bonchev–Trinajstić information content (AvgIpc) is 3.19. The van der Waals surface area contributed by atoms with Crippen LogP contribution in [0.2, 0.25) is 5.02 Å². The van der Waals surface area contributed by atoms with Crippen LogP contribution in [0.3, 0.4) is 0 Å². The topological polar surface area (TPSA) is 106 Å². The van der Waals surface area contributed by atoms with E-state index >= 15 is 0 Å². The molecule has 1 amide bonds. The molecule has 0 radical (unpaired) electrons. The molecule has 1 unspecified atom stereocenters. The molecule has 1 N–H and O–H groups in total. The molecule has 1 aromatic heterocycles. The zero-order chi connectivity index (χ0) is 22.7. The number of halogens is 1. The molecule has 1 saturated heterocycles. The molecule has 32 heavy (non-hydrogen) atoms.